The van der Waals surface area contributed by atoms with Crippen molar-refractivity contribution in [3.63, 3.8) is 0 Å². The fraction of sp³-hybridized carbons (Fsp3) is 0. The molecule has 7 heteroatoms. The maximum atomic E-state index is 10.1. The number of hydrogen-bond acceptors (Lipinski definition) is 3. The minimum Gasteiger partial charge on any atom is -0.786 e. The van der Waals surface area contributed by atoms with Gasteiger partial charge in [-0.15, -0.1) is 0 Å². The molecule has 3 nitrogen and oxygen atoms in total. The van der Waals surface area contributed by atoms with E-state index in [2.05, 4.69) is 0 Å². The van der Waals surface area contributed by atoms with Crippen molar-refractivity contribution in [3.8, 4) is 0 Å². The van der Waals surface area contributed by atoms with Gasteiger partial charge in [-0.05, 0) is 0 Å². The molecule has 0 heterocycles. The molecule has 0 saturated heterocycles. The Morgan fingerprint density at radius 2 is 1.29 bits per heavy atom. The molecule has 0 amide bonds. The normalized spacial score (nSPS) is 8.43. The van der Waals surface area contributed by atoms with E-state index >= 15 is 0 Å². The van der Waals surface area contributed by atoms with Crippen LogP contribution in [-0.2, 0) is 4.57 Å². The molecular weight excluding hydrogens is 364 g/mol. The zero-order valence-corrected chi connectivity index (χ0v) is 17.5. The summed E-state index contributed by atoms with van der Waals surface area (Å²) in [7, 11) is -5.64. The quantitative estimate of drug-likeness (QED) is 0.402. The second-order valence-electron chi connectivity index (χ2n) is 0.431. The summed E-state index contributed by atoms with van der Waals surface area (Å²) in [5.41, 5.74) is 0. The van der Waals surface area contributed by atoms with Crippen LogP contribution >= 0.6 is 7.91 Å². The number of rotatable bonds is 0. The van der Waals surface area contributed by atoms with Gasteiger partial charge in [-0.25, -0.2) is 4.20 Å². The third kappa shape index (κ3) is 39.0. The van der Waals surface area contributed by atoms with E-state index in [0.717, 1.165) is 0 Å². The third-order valence-electron chi connectivity index (χ3n) is 0. The van der Waals surface area contributed by atoms with E-state index in [0.29, 0.717) is 0 Å². The van der Waals surface area contributed by atoms with Gasteiger partial charge in [0.2, 0.25) is 0 Å². The molecule has 0 fully saturated rings. The summed E-state index contributed by atoms with van der Waals surface area (Å²) in [6, 6.07) is 0. The first-order chi connectivity index (χ1) is 2.00. The summed E-state index contributed by atoms with van der Waals surface area (Å²) >= 11 is 0. The van der Waals surface area contributed by atoms with Crippen LogP contribution in [0.4, 0.5) is 4.20 Å². The standard InChI is InChI=1S/2Cs.FH2O3P/c;;1-5(2,3)4/h;;(H2,2,3,4)/q2*+1;/p-2. The fourth-order valence-electron chi connectivity index (χ4n) is 0. The van der Waals surface area contributed by atoms with Crippen molar-refractivity contribution in [2.45, 2.75) is 0 Å². The fourth-order valence-corrected chi connectivity index (χ4v) is 0. The topological polar surface area (TPSA) is 63.2 Å². The molecule has 0 unspecified atom stereocenters. The summed E-state index contributed by atoms with van der Waals surface area (Å²) in [4.78, 5) is 16.9. The van der Waals surface area contributed by atoms with Gasteiger partial charge in [0.15, 0.2) is 0 Å². The van der Waals surface area contributed by atoms with Crippen molar-refractivity contribution in [3.05, 3.63) is 0 Å². The van der Waals surface area contributed by atoms with Gasteiger partial charge in [0.25, 0.3) is 0 Å². The molecule has 0 aliphatic carbocycles. The van der Waals surface area contributed by atoms with Crippen LogP contribution in [0.2, 0.25) is 0 Å². The van der Waals surface area contributed by atoms with Gasteiger partial charge in [0.05, 0.1) is 0 Å². The van der Waals surface area contributed by atoms with Crippen LogP contribution in [0.1, 0.15) is 0 Å². The van der Waals surface area contributed by atoms with Crippen molar-refractivity contribution in [2.75, 3.05) is 0 Å². The van der Waals surface area contributed by atoms with Crippen molar-refractivity contribution in [1.29, 1.82) is 0 Å². The van der Waals surface area contributed by atoms with Crippen LogP contribution in [0.5, 0.6) is 0 Å². The Balaban J connectivity index is -0.0000000800. The largest absolute Gasteiger partial charge is 1.00 e. The maximum Gasteiger partial charge on any atom is 1.00 e. The second-order valence-corrected chi connectivity index (χ2v) is 1.29. The number of hydrogen-bond donors (Lipinski definition) is 0. The van der Waals surface area contributed by atoms with Crippen LogP contribution in [0.15, 0.2) is 0 Å². The van der Waals surface area contributed by atoms with Gasteiger partial charge in [0, 0.05) is 0 Å². The van der Waals surface area contributed by atoms with Gasteiger partial charge in [-0.2, -0.15) is 0 Å². The molecule has 0 spiro atoms. The molecule has 0 radical (unpaired) electrons. The zero-order chi connectivity index (χ0) is 4.50. The van der Waals surface area contributed by atoms with Gasteiger partial charge in [0.1, 0.15) is 7.91 Å². The molecule has 0 aromatic carbocycles. The molecular formula is Cs2FO3P. The van der Waals surface area contributed by atoms with Gasteiger partial charge < -0.3 is 14.4 Å². The van der Waals surface area contributed by atoms with Crippen LogP contribution in [0.3, 0.4) is 0 Å². The van der Waals surface area contributed by atoms with Crippen LogP contribution in [0.25, 0.3) is 0 Å². The first kappa shape index (κ1) is 17.3. The van der Waals surface area contributed by atoms with Crippen molar-refractivity contribution in [1.82, 2.24) is 0 Å². The summed E-state index contributed by atoms with van der Waals surface area (Å²) in [5.74, 6) is 0. The minimum atomic E-state index is -5.64. The van der Waals surface area contributed by atoms with Crippen molar-refractivity contribution in [2.24, 2.45) is 0 Å². The molecule has 32 valence electrons. The predicted molar refractivity (Wildman–Crippen MR) is 8.71 cm³/mol. The van der Waals surface area contributed by atoms with Gasteiger partial charge >= 0.3 is 138 Å². The van der Waals surface area contributed by atoms with E-state index in [1.165, 1.54) is 0 Å². The molecule has 0 aliphatic rings. The average Bonchev–Trinajstić information content (AvgIpc) is 0.722. The smallest absolute Gasteiger partial charge is 0.786 e. The molecule has 7 heavy (non-hydrogen) atoms. The van der Waals surface area contributed by atoms with Crippen molar-refractivity contribution >= 4 is 7.91 Å². The van der Waals surface area contributed by atoms with E-state index in [-0.39, 0.29) is 138 Å². The van der Waals surface area contributed by atoms with E-state index in [4.69, 9.17) is 14.4 Å². The Labute approximate surface area is 158 Å². The molecule has 0 atom stereocenters. The Kier molecular flexibility index (Phi) is 20.5. The molecule has 0 N–H and O–H groups in total. The Morgan fingerprint density at radius 1 is 1.29 bits per heavy atom. The first-order valence-electron chi connectivity index (χ1n) is 0.717. The Hall–Kier alpha value is 4.18. The van der Waals surface area contributed by atoms with Crippen LogP contribution < -0.4 is 148 Å². The predicted octanol–water partition coefficient (Wildman–Crippen LogP) is -7.21. The zero-order valence-electron chi connectivity index (χ0n) is 4.05. The molecule has 0 aromatic rings. The summed E-state index contributed by atoms with van der Waals surface area (Å²) in [6.07, 6.45) is 0. The second kappa shape index (κ2) is 8.28. The molecule has 0 aliphatic heterocycles. The number of halogens is 1. The molecule has 0 bridgehead atoms. The van der Waals surface area contributed by atoms with E-state index in [1.54, 1.807) is 0 Å². The minimum absolute atomic E-state index is 0. The SMILES string of the molecule is O=P([O-])([O-])F.[Cs+].[Cs+]. The van der Waals surface area contributed by atoms with Gasteiger partial charge in [-0.3, -0.25) is 0 Å². The maximum absolute atomic E-state index is 10.1. The van der Waals surface area contributed by atoms with Crippen molar-refractivity contribution < 1.29 is 156 Å². The van der Waals surface area contributed by atoms with E-state index in [1.807, 2.05) is 0 Å². The summed E-state index contributed by atoms with van der Waals surface area (Å²) in [6.45, 7) is 0. The van der Waals surface area contributed by atoms with E-state index in [9.17, 15) is 4.20 Å². The van der Waals surface area contributed by atoms with Gasteiger partial charge in [-0.1, -0.05) is 0 Å². The van der Waals surface area contributed by atoms with Crippen LogP contribution in [-0.4, -0.2) is 0 Å². The molecule has 0 saturated carbocycles. The molecule has 0 aromatic heterocycles. The van der Waals surface area contributed by atoms with Crippen LogP contribution in [0, 0.1) is 0 Å². The first-order valence-corrected chi connectivity index (χ1v) is 2.15. The molecule has 0 rings (SSSR count). The average molecular weight is 364 g/mol. The third-order valence-corrected chi connectivity index (χ3v) is 0. The summed E-state index contributed by atoms with van der Waals surface area (Å²) < 4.78 is 18.6. The van der Waals surface area contributed by atoms with E-state index < -0.39 is 7.91 Å². The Morgan fingerprint density at radius 3 is 1.29 bits per heavy atom. The Bertz CT molecular complexity index is 59.1. The monoisotopic (exact) mass is 364 g/mol. The summed E-state index contributed by atoms with van der Waals surface area (Å²) in [5, 5.41) is 0.